The molecule has 18 heavy (non-hydrogen) atoms. The van der Waals surface area contributed by atoms with Crippen molar-refractivity contribution >= 4 is 10.3 Å². The van der Waals surface area contributed by atoms with Crippen LogP contribution in [-0.2, 0) is 21.0 Å². The first kappa shape index (κ1) is 13.5. The molecular formula is C13H19NO3S. The lowest BCUT2D eigenvalue weighted by Crippen LogP contribution is -2.37. The SMILES string of the molecule is CCC(C)[C@H]1COS(=O)(=O)N1Cc1ccccc1. The molecular weight excluding hydrogens is 250 g/mol. The normalized spacial score (nSPS) is 25.1. The predicted molar refractivity (Wildman–Crippen MR) is 70.1 cm³/mol. The number of hydrogen-bond donors (Lipinski definition) is 0. The van der Waals surface area contributed by atoms with Gasteiger partial charge in [0.1, 0.15) is 0 Å². The van der Waals surface area contributed by atoms with E-state index in [9.17, 15) is 8.42 Å². The van der Waals surface area contributed by atoms with E-state index in [4.69, 9.17) is 4.18 Å². The summed E-state index contributed by atoms with van der Waals surface area (Å²) in [6.07, 6.45) is 0.939. The second-order valence-electron chi connectivity index (χ2n) is 4.73. The van der Waals surface area contributed by atoms with Crippen molar-refractivity contribution in [3.8, 4) is 0 Å². The molecule has 1 aromatic rings. The second kappa shape index (κ2) is 5.38. The first-order valence-corrected chi connectivity index (χ1v) is 7.61. The maximum Gasteiger partial charge on any atom is 0.339 e. The number of benzene rings is 1. The van der Waals surface area contributed by atoms with Crippen LogP contribution in [0.4, 0.5) is 0 Å². The largest absolute Gasteiger partial charge is 0.339 e. The molecule has 0 radical (unpaired) electrons. The minimum absolute atomic E-state index is 0.0554. The molecule has 1 saturated heterocycles. The van der Waals surface area contributed by atoms with Crippen molar-refractivity contribution in [3.63, 3.8) is 0 Å². The van der Waals surface area contributed by atoms with Gasteiger partial charge in [0.25, 0.3) is 0 Å². The molecule has 100 valence electrons. The van der Waals surface area contributed by atoms with Crippen LogP contribution in [0.5, 0.6) is 0 Å². The van der Waals surface area contributed by atoms with Crippen molar-refractivity contribution in [3.05, 3.63) is 35.9 Å². The highest BCUT2D eigenvalue weighted by atomic mass is 32.2. The molecule has 0 aliphatic carbocycles. The number of nitrogens with zero attached hydrogens (tertiary/aromatic N) is 1. The van der Waals surface area contributed by atoms with Crippen LogP contribution in [-0.4, -0.2) is 25.4 Å². The van der Waals surface area contributed by atoms with Gasteiger partial charge in [0.2, 0.25) is 0 Å². The standard InChI is InChI=1S/C13H19NO3S/c1-3-11(2)13-10-17-18(15,16)14(13)9-12-7-5-4-6-8-12/h4-8,11,13H,3,9-10H2,1-2H3/t11?,13-/m1/s1. The highest BCUT2D eigenvalue weighted by Crippen LogP contribution is 2.27. The van der Waals surface area contributed by atoms with Gasteiger partial charge in [-0.1, -0.05) is 50.6 Å². The lowest BCUT2D eigenvalue weighted by molar-refractivity contribution is 0.235. The quantitative estimate of drug-likeness (QED) is 0.841. The molecule has 0 aromatic heterocycles. The molecule has 0 bridgehead atoms. The van der Waals surface area contributed by atoms with Crippen molar-refractivity contribution in [1.82, 2.24) is 4.31 Å². The molecule has 4 nitrogen and oxygen atoms in total. The molecule has 1 fully saturated rings. The highest BCUT2D eigenvalue weighted by Gasteiger charge is 2.40. The Labute approximate surface area is 109 Å². The minimum Gasteiger partial charge on any atom is -0.256 e. The lowest BCUT2D eigenvalue weighted by Gasteiger charge is -2.24. The van der Waals surface area contributed by atoms with Crippen molar-refractivity contribution < 1.29 is 12.6 Å². The van der Waals surface area contributed by atoms with Gasteiger partial charge in [-0.3, -0.25) is 4.18 Å². The number of hydrogen-bond acceptors (Lipinski definition) is 3. The van der Waals surface area contributed by atoms with E-state index in [0.29, 0.717) is 12.5 Å². The fourth-order valence-electron chi connectivity index (χ4n) is 2.15. The Hall–Kier alpha value is -0.910. The third kappa shape index (κ3) is 2.74. The zero-order chi connectivity index (χ0) is 13.2. The van der Waals surface area contributed by atoms with Gasteiger partial charge < -0.3 is 0 Å². The van der Waals surface area contributed by atoms with E-state index < -0.39 is 10.3 Å². The van der Waals surface area contributed by atoms with E-state index in [0.717, 1.165) is 12.0 Å². The van der Waals surface area contributed by atoms with Gasteiger partial charge in [0.15, 0.2) is 0 Å². The van der Waals surface area contributed by atoms with Gasteiger partial charge in [-0.15, -0.1) is 0 Å². The molecule has 1 aromatic carbocycles. The van der Waals surface area contributed by atoms with E-state index in [1.807, 2.05) is 30.3 Å². The third-order valence-corrected chi connectivity index (χ3v) is 4.94. The average molecular weight is 269 g/mol. The Morgan fingerprint density at radius 2 is 2.06 bits per heavy atom. The zero-order valence-electron chi connectivity index (χ0n) is 10.7. The molecule has 0 amide bonds. The fourth-order valence-corrected chi connectivity index (χ4v) is 3.51. The summed E-state index contributed by atoms with van der Waals surface area (Å²) in [6, 6.07) is 9.56. The summed E-state index contributed by atoms with van der Waals surface area (Å²) in [4.78, 5) is 0. The molecule has 1 aliphatic rings. The first-order valence-electron chi connectivity index (χ1n) is 6.24. The van der Waals surface area contributed by atoms with E-state index in [-0.39, 0.29) is 12.6 Å². The molecule has 0 spiro atoms. The summed E-state index contributed by atoms with van der Waals surface area (Å²) < 4.78 is 30.2. The topological polar surface area (TPSA) is 46.6 Å². The van der Waals surface area contributed by atoms with Crippen LogP contribution in [0.2, 0.25) is 0 Å². The van der Waals surface area contributed by atoms with Crippen molar-refractivity contribution in [2.24, 2.45) is 5.92 Å². The monoisotopic (exact) mass is 269 g/mol. The first-order chi connectivity index (χ1) is 8.54. The smallest absolute Gasteiger partial charge is 0.256 e. The molecule has 5 heteroatoms. The Morgan fingerprint density at radius 3 is 2.67 bits per heavy atom. The summed E-state index contributed by atoms with van der Waals surface area (Å²) >= 11 is 0. The number of rotatable bonds is 4. The molecule has 0 N–H and O–H groups in total. The van der Waals surface area contributed by atoms with Gasteiger partial charge in [0.05, 0.1) is 12.6 Å². The van der Waals surface area contributed by atoms with Crippen LogP contribution in [0.3, 0.4) is 0 Å². The van der Waals surface area contributed by atoms with Gasteiger partial charge in [-0.2, -0.15) is 12.7 Å². The van der Waals surface area contributed by atoms with E-state index in [1.165, 1.54) is 4.31 Å². The van der Waals surface area contributed by atoms with Gasteiger partial charge in [-0.25, -0.2) is 0 Å². The maximum atomic E-state index is 11.9. The van der Waals surface area contributed by atoms with Crippen LogP contribution in [0, 0.1) is 5.92 Å². The Balaban J connectivity index is 2.21. The lowest BCUT2D eigenvalue weighted by atomic mass is 9.99. The fraction of sp³-hybridized carbons (Fsp3) is 0.538. The van der Waals surface area contributed by atoms with Crippen molar-refractivity contribution in [2.45, 2.75) is 32.9 Å². The van der Waals surface area contributed by atoms with Crippen molar-refractivity contribution in [1.29, 1.82) is 0 Å². The minimum atomic E-state index is -3.56. The Morgan fingerprint density at radius 1 is 1.39 bits per heavy atom. The van der Waals surface area contributed by atoms with Crippen LogP contribution in [0.15, 0.2) is 30.3 Å². The predicted octanol–water partition coefficient (Wildman–Crippen LogP) is 2.18. The highest BCUT2D eigenvalue weighted by molar-refractivity contribution is 7.84. The summed E-state index contributed by atoms with van der Waals surface area (Å²) in [7, 11) is -3.56. The molecule has 2 rings (SSSR count). The van der Waals surface area contributed by atoms with E-state index in [2.05, 4.69) is 13.8 Å². The molecule has 0 saturated carbocycles. The van der Waals surface area contributed by atoms with E-state index in [1.54, 1.807) is 0 Å². The Bertz CT molecular complexity index is 486. The molecule has 2 atom stereocenters. The average Bonchev–Trinajstić information content (AvgIpc) is 2.66. The summed E-state index contributed by atoms with van der Waals surface area (Å²) in [5.41, 5.74) is 0.986. The second-order valence-corrected chi connectivity index (χ2v) is 6.29. The van der Waals surface area contributed by atoms with Crippen LogP contribution >= 0.6 is 0 Å². The van der Waals surface area contributed by atoms with Gasteiger partial charge in [-0.05, 0) is 11.5 Å². The van der Waals surface area contributed by atoms with Gasteiger partial charge >= 0.3 is 10.3 Å². The Kier molecular flexibility index (Phi) is 4.04. The maximum absolute atomic E-state index is 11.9. The van der Waals surface area contributed by atoms with Gasteiger partial charge in [0, 0.05) is 6.54 Å². The summed E-state index contributed by atoms with van der Waals surface area (Å²) in [6.45, 7) is 4.78. The third-order valence-electron chi connectivity index (χ3n) is 3.53. The van der Waals surface area contributed by atoms with Crippen LogP contribution in [0.1, 0.15) is 25.8 Å². The zero-order valence-corrected chi connectivity index (χ0v) is 11.6. The van der Waals surface area contributed by atoms with Crippen LogP contribution in [0.25, 0.3) is 0 Å². The van der Waals surface area contributed by atoms with Crippen molar-refractivity contribution in [2.75, 3.05) is 6.61 Å². The molecule has 1 heterocycles. The summed E-state index contributed by atoms with van der Waals surface area (Å²) in [5, 5.41) is 0. The van der Waals surface area contributed by atoms with Crippen LogP contribution < -0.4 is 0 Å². The molecule has 1 aliphatic heterocycles. The van der Waals surface area contributed by atoms with E-state index >= 15 is 0 Å². The molecule has 1 unspecified atom stereocenters. The summed E-state index contributed by atoms with van der Waals surface area (Å²) in [5.74, 6) is 0.297.